The van der Waals surface area contributed by atoms with Gasteiger partial charge in [0.05, 0.1) is 17.3 Å². The Labute approximate surface area is 118 Å². The Kier molecular flexibility index (Phi) is 5.07. The number of aryl methyl sites for hydroxylation is 2. The third kappa shape index (κ3) is 3.86. The highest BCUT2D eigenvalue weighted by Crippen LogP contribution is 2.25. The van der Waals surface area contributed by atoms with Crippen molar-refractivity contribution in [2.24, 2.45) is 0 Å². The summed E-state index contributed by atoms with van der Waals surface area (Å²) in [4.78, 5) is 4.68. The van der Waals surface area contributed by atoms with Gasteiger partial charge in [0.2, 0.25) is 0 Å². The first kappa shape index (κ1) is 14.2. The van der Waals surface area contributed by atoms with Crippen LogP contribution in [-0.4, -0.2) is 29.8 Å². The van der Waals surface area contributed by atoms with Crippen LogP contribution >= 0.6 is 11.3 Å². The van der Waals surface area contributed by atoms with Gasteiger partial charge < -0.3 is 10.4 Å². The van der Waals surface area contributed by atoms with Gasteiger partial charge in [0, 0.05) is 30.5 Å². The number of nitrogens with one attached hydrogen (secondary N) is 1. The fourth-order valence-corrected chi connectivity index (χ4v) is 2.85. The zero-order valence-electron chi connectivity index (χ0n) is 11.4. The van der Waals surface area contributed by atoms with Gasteiger partial charge in [-0.2, -0.15) is 0 Å². The van der Waals surface area contributed by atoms with E-state index in [1.807, 2.05) is 0 Å². The van der Waals surface area contributed by atoms with Crippen LogP contribution in [-0.2, 0) is 6.42 Å². The maximum atomic E-state index is 8.69. The van der Waals surface area contributed by atoms with Crippen LogP contribution in [0.1, 0.15) is 16.1 Å². The summed E-state index contributed by atoms with van der Waals surface area (Å²) in [6.45, 7) is 5.93. The van der Waals surface area contributed by atoms with Gasteiger partial charge in [-0.1, -0.05) is 23.8 Å². The van der Waals surface area contributed by atoms with Crippen molar-refractivity contribution in [3.05, 3.63) is 39.7 Å². The summed E-state index contributed by atoms with van der Waals surface area (Å²) in [7, 11) is 0. The van der Waals surface area contributed by atoms with E-state index in [2.05, 4.69) is 47.7 Å². The van der Waals surface area contributed by atoms with E-state index >= 15 is 0 Å². The summed E-state index contributed by atoms with van der Waals surface area (Å²) in [6, 6.07) is 6.47. The molecule has 3 nitrogen and oxygen atoms in total. The number of aliphatic hydroxyl groups excluding tert-OH is 1. The van der Waals surface area contributed by atoms with Crippen LogP contribution in [0.3, 0.4) is 0 Å². The van der Waals surface area contributed by atoms with Crippen molar-refractivity contribution < 1.29 is 5.11 Å². The Morgan fingerprint density at radius 1 is 1.26 bits per heavy atom. The largest absolute Gasteiger partial charge is 0.395 e. The minimum atomic E-state index is 0.186. The molecule has 0 aliphatic rings. The lowest BCUT2D eigenvalue weighted by Gasteiger charge is -2.03. The molecule has 0 aliphatic carbocycles. The normalized spacial score (nSPS) is 10.9. The van der Waals surface area contributed by atoms with Crippen LogP contribution < -0.4 is 5.32 Å². The summed E-state index contributed by atoms with van der Waals surface area (Å²) in [5, 5.41) is 15.1. The number of aliphatic hydroxyl groups is 1. The van der Waals surface area contributed by atoms with Crippen LogP contribution in [0.5, 0.6) is 0 Å². The van der Waals surface area contributed by atoms with Crippen LogP contribution in [0.4, 0.5) is 0 Å². The molecule has 2 rings (SSSR count). The second kappa shape index (κ2) is 6.80. The molecule has 1 aromatic heterocycles. The highest BCUT2D eigenvalue weighted by atomic mass is 32.1. The SMILES string of the molecule is Cc1ccc(-c2csc(CCNCCO)n2)c(C)c1. The van der Waals surface area contributed by atoms with Gasteiger partial charge in [-0.05, 0) is 19.4 Å². The van der Waals surface area contributed by atoms with Crippen molar-refractivity contribution >= 4 is 11.3 Å². The molecule has 0 fully saturated rings. The maximum absolute atomic E-state index is 8.69. The Bertz CT molecular complexity index is 537. The molecule has 2 aromatic rings. The van der Waals surface area contributed by atoms with Crippen LogP contribution in [0.25, 0.3) is 11.3 Å². The standard InChI is InChI=1S/C15H20N2OS/c1-11-3-4-13(12(2)9-11)14-10-19-15(17-14)5-6-16-7-8-18/h3-4,9-10,16,18H,5-8H2,1-2H3. The van der Waals surface area contributed by atoms with Crippen molar-refractivity contribution in [1.82, 2.24) is 10.3 Å². The average Bonchev–Trinajstić information content (AvgIpc) is 2.83. The summed E-state index contributed by atoms with van der Waals surface area (Å²) in [5.41, 5.74) is 4.84. The molecule has 0 aliphatic heterocycles. The van der Waals surface area contributed by atoms with E-state index in [1.165, 1.54) is 16.7 Å². The predicted molar refractivity (Wildman–Crippen MR) is 80.7 cm³/mol. The first-order valence-corrected chi connectivity index (χ1v) is 7.42. The quantitative estimate of drug-likeness (QED) is 0.797. The predicted octanol–water partition coefficient (Wildman–Crippen LogP) is 2.55. The lowest BCUT2D eigenvalue weighted by atomic mass is 10.0. The summed E-state index contributed by atoms with van der Waals surface area (Å²) < 4.78 is 0. The highest BCUT2D eigenvalue weighted by Gasteiger charge is 2.07. The van der Waals surface area contributed by atoms with E-state index in [-0.39, 0.29) is 6.61 Å². The number of hydrogen-bond donors (Lipinski definition) is 2. The van der Waals surface area contributed by atoms with Crippen molar-refractivity contribution in [2.45, 2.75) is 20.3 Å². The Hall–Kier alpha value is -1.23. The van der Waals surface area contributed by atoms with Gasteiger partial charge in [0.15, 0.2) is 0 Å². The topological polar surface area (TPSA) is 45.1 Å². The van der Waals surface area contributed by atoms with E-state index in [9.17, 15) is 0 Å². The third-order valence-corrected chi connectivity index (χ3v) is 3.92. The molecule has 4 heteroatoms. The number of rotatable bonds is 6. The van der Waals surface area contributed by atoms with Crippen molar-refractivity contribution in [3.63, 3.8) is 0 Å². The average molecular weight is 276 g/mol. The zero-order chi connectivity index (χ0) is 13.7. The van der Waals surface area contributed by atoms with Gasteiger partial charge in [-0.3, -0.25) is 0 Å². The van der Waals surface area contributed by atoms with Crippen LogP contribution in [0.2, 0.25) is 0 Å². The molecule has 102 valence electrons. The van der Waals surface area contributed by atoms with Gasteiger partial charge in [0.25, 0.3) is 0 Å². The van der Waals surface area contributed by atoms with Crippen molar-refractivity contribution in [2.75, 3.05) is 19.7 Å². The molecule has 0 radical (unpaired) electrons. The molecule has 1 heterocycles. The van der Waals surface area contributed by atoms with Crippen molar-refractivity contribution in [1.29, 1.82) is 0 Å². The lowest BCUT2D eigenvalue weighted by Crippen LogP contribution is -2.20. The summed E-state index contributed by atoms with van der Waals surface area (Å²) in [5.74, 6) is 0. The van der Waals surface area contributed by atoms with Gasteiger partial charge in [0.1, 0.15) is 0 Å². The molecule has 0 amide bonds. The molecule has 0 unspecified atom stereocenters. The van der Waals surface area contributed by atoms with E-state index in [4.69, 9.17) is 5.11 Å². The molecular formula is C15H20N2OS. The molecule has 0 saturated carbocycles. The summed E-state index contributed by atoms with van der Waals surface area (Å²) in [6.07, 6.45) is 0.912. The number of nitrogens with zero attached hydrogens (tertiary/aromatic N) is 1. The molecular weight excluding hydrogens is 256 g/mol. The Balaban J connectivity index is 2.04. The molecule has 19 heavy (non-hydrogen) atoms. The molecule has 0 spiro atoms. The van der Waals surface area contributed by atoms with Gasteiger partial charge >= 0.3 is 0 Å². The first-order chi connectivity index (χ1) is 9.20. The minimum absolute atomic E-state index is 0.186. The van der Waals surface area contributed by atoms with E-state index < -0.39 is 0 Å². The summed E-state index contributed by atoms with van der Waals surface area (Å²) >= 11 is 1.70. The maximum Gasteiger partial charge on any atom is 0.0945 e. The van der Waals surface area contributed by atoms with Crippen LogP contribution in [0.15, 0.2) is 23.6 Å². The highest BCUT2D eigenvalue weighted by molar-refractivity contribution is 7.09. The van der Waals surface area contributed by atoms with E-state index in [0.29, 0.717) is 6.54 Å². The number of hydrogen-bond acceptors (Lipinski definition) is 4. The number of aromatic nitrogens is 1. The van der Waals surface area contributed by atoms with Gasteiger partial charge in [-0.15, -0.1) is 11.3 Å². The fraction of sp³-hybridized carbons (Fsp3) is 0.400. The molecule has 0 bridgehead atoms. The monoisotopic (exact) mass is 276 g/mol. The van der Waals surface area contributed by atoms with Crippen LogP contribution in [0, 0.1) is 13.8 Å². The lowest BCUT2D eigenvalue weighted by molar-refractivity contribution is 0.293. The minimum Gasteiger partial charge on any atom is -0.395 e. The molecule has 0 atom stereocenters. The smallest absolute Gasteiger partial charge is 0.0945 e. The molecule has 2 N–H and O–H groups in total. The van der Waals surface area contributed by atoms with Crippen molar-refractivity contribution in [3.8, 4) is 11.3 Å². The third-order valence-electron chi connectivity index (χ3n) is 3.01. The van der Waals surface area contributed by atoms with Gasteiger partial charge in [-0.25, -0.2) is 4.98 Å². The fourth-order valence-electron chi connectivity index (χ4n) is 2.05. The second-order valence-electron chi connectivity index (χ2n) is 4.67. The Morgan fingerprint density at radius 2 is 2.11 bits per heavy atom. The number of thiazole rings is 1. The first-order valence-electron chi connectivity index (χ1n) is 6.54. The second-order valence-corrected chi connectivity index (χ2v) is 5.61. The molecule has 1 aromatic carbocycles. The Morgan fingerprint density at radius 3 is 2.84 bits per heavy atom. The van der Waals surface area contributed by atoms with E-state index in [0.717, 1.165) is 23.7 Å². The zero-order valence-corrected chi connectivity index (χ0v) is 12.3. The van der Waals surface area contributed by atoms with E-state index in [1.54, 1.807) is 11.3 Å². The number of benzene rings is 1. The molecule has 0 saturated heterocycles.